The van der Waals surface area contributed by atoms with E-state index in [1.807, 2.05) is 0 Å². The zero-order valence-electron chi connectivity index (χ0n) is 13.8. The third-order valence-corrected chi connectivity index (χ3v) is 3.99. The van der Waals surface area contributed by atoms with Crippen LogP contribution in [0.15, 0.2) is 41.2 Å². The molecule has 7 nitrogen and oxygen atoms in total. The lowest BCUT2D eigenvalue weighted by molar-refractivity contribution is 0.101. The van der Waals surface area contributed by atoms with Crippen LogP contribution in [-0.2, 0) is 0 Å². The van der Waals surface area contributed by atoms with Crippen LogP contribution < -0.4 is 20.5 Å². The number of benzene rings is 2. The van der Waals surface area contributed by atoms with Crippen molar-refractivity contribution in [2.75, 3.05) is 19.6 Å². The van der Waals surface area contributed by atoms with Gasteiger partial charge in [0.1, 0.15) is 5.82 Å². The number of halogens is 1. The molecule has 0 saturated carbocycles. The van der Waals surface area contributed by atoms with Gasteiger partial charge in [-0.05, 0) is 36.5 Å². The second-order valence-corrected chi connectivity index (χ2v) is 5.66. The van der Waals surface area contributed by atoms with Crippen LogP contribution in [-0.4, -0.2) is 29.8 Å². The molecule has 0 radical (unpaired) electrons. The molecule has 134 valence electrons. The van der Waals surface area contributed by atoms with Crippen molar-refractivity contribution in [1.82, 2.24) is 9.66 Å². The summed E-state index contributed by atoms with van der Waals surface area (Å²) >= 11 is 5.15. The van der Waals surface area contributed by atoms with Gasteiger partial charge in [-0.3, -0.25) is 15.0 Å². The largest absolute Gasteiger partial charge is 0.493 e. The number of carbonyl (C=O) groups excluding carboxylic acids is 1. The highest BCUT2D eigenvalue weighted by molar-refractivity contribution is 7.71. The third-order valence-electron chi connectivity index (χ3n) is 3.70. The van der Waals surface area contributed by atoms with Crippen LogP contribution in [0.5, 0.6) is 11.5 Å². The number of methoxy groups -OCH3 is 2. The van der Waals surface area contributed by atoms with Gasteiger partial charge >= 0.3 is 0 Å². The molecule has 2 N–H and O–H groups in total. The Morgan fingerprint density at radius 1 is 1.19 bits per heavy atom. The summed E-state index contributed by atoms with van der Waals surface area (Å²) in [6.07, 6.45) is 0. The number of carbonyl (C=O) groups is 1. The van der Waals surface area contributed by atoms with E-state index >= 15 is 0 Å². The fraction of sp³-hybridized carbons (Fsp3) is 0.118. The molecule has 1 heterocycles. The zero-order valence-corrected chi connectivity index (χ0v) is 14.6. The normalized spacial score (nSPS) is 10.6. The molecule has 3 rings (SSSR count). The van der Waals surface area contributed by atoms with E-state index in [4.69, 9.17) is 21.7 Å². The van der Waals surface area contributed by atoms with Gasteiger partial charge in [-0.25, -0.2) is 4.39 Å². The Bertz CT molecular complexity index is 1120. The molecule has 3 aromatic rings. The summed E-state index contributed by atoms with van der Waals surface area (Å²) in [5.74, 6) is -0.464. The van der Waals surface area contributed by atoms with Crippen LogP contribution in [0, 0.1) is 10.6 Å². The lowest BCUT2D eigenvalue weighted by atomic mass is 10.2. The summed E-state index contributed by atoms with van der Waals surface area (Å²) in [4.78, 5) is 27.9. The van der Waals surface area contributed by atoms with Crippen LogP contribution in [0.4, 0.5) is 4.39 Å². The van der Waals surface area contributed by atoms with E-state index in [1.54, 1.807) is 6.07 Å². The number of H-pyrrole nitrogens is 1. The van der Waals surface area contributed by atoms with Gasteiger partial charge in [-0.1, -0.05) is 6.07 Å². The summed E-state index contributed by atoms with van der Waals surface area (Å²) in [7, 11) is 2.91. The Kier molecular flexibility index (Phi) is 4.72. The summed E-state index contributed by atoms with van der Waals surface area (Å²) in [6.45, 7) is 0. The molecule has 1 aromatic heterocycles. The van der Waals surface area contributed by atoms with Crippen molar-refractivity contribution in [1.29, 1.82) is 0 Å². The lowest BCUT2D eigenvalue weighted by Gasteiger charge is -2.12. The topological polar surface area (TPSA) is 85.4 Å². The smallest absolute Gasteiger partial charge is 0.281 e. The SMILES string of the molecule is COc1cc2[nH]c(=S)n(NC(=O)c3cccc(F)c3)c(=O)c2cc1OC. The minimum absolute atomic E-state index is 0.0283. The van der Waals surface area contributed by atoms with E-state index in [0.717, 1.165) is 10.7 Å². The number of aromatic nitrogens is 2. The molecule has 0 aliphatic heterocycles. The second-order valence-electron chi connectivity index (χ2n) is 5.27. The van der Waals surface area contributed by atoms with E-state index in [-0.39, 0.29) is 15.7 Å². The molecular weight excluding hydrogens is 361 g/mol. The maximum Gasteiger partial charge on any atom is 0.281 e. The number of nitrogens with one attached hydrogen (secondary N) is 2. The Labute approximate surface area is 152 Å². The standard InChI is InChI=1S/C17H14FN3O4S/c1-24-13-7-11-12(8-14(13)25-2)19-17(26)21(16(11)23)20-15(22)9-4-3-5-10(18)6-9/h3-8H,1-2H3,(H,19,26)(H,20,22). The molecule has 0 aliphatic rings. The number of hydrogen-bond acceptors (Lipinski definition) is 5. The van der Waals surface area contributed by atoms with Crippen molar-refractivity contribution in [3.63, 3.8) is 0 Å². The Morgan fingerprint density at radius 2 is 1.88 bits per heavy atom. The van der Waals surface area contributed by atoms with E-state index in [1.165, 1.54) is 38.5 Å². The molecule has 26 heavy (non-hydrogen) atoms. The third kappa shape index (κ3) is 3.16. The highest BCUT2D eigenvalue weighted by Gasteiger charge is 2.14. The molecule has 0 saturated heterocycles. The lowest BCUT2D eigenvalue weighted by Crippen LogP contribution is -2.34. The number of ether oxygens (including phenoxy) is 2. The molecule has 0 atom stereocenters. The Hall–Kier alpha value is -3.20. The van der Waals surface area contributed by atoms with E-state index in [9.17, 15) is 14.0 Å². The number of hydrogen-bond donors (Lipinski definition) is 2. The van der Waals surface area contributed by atoms with Gasteiger partial charge in [-0.2, -0.15) is 4.68 Å². The summed E-state index contributed by atoms with van der Waals surface area (Å²) in [5.41, 5.74) is 2.29. The van der Waals surface area contributed by atoms with Crippen molar-refractivity contribution in [2.45, 2.75) is 0 Å². The summed E-state index contributed by atoms with van der Waals surface area (Å²) in [5, 5.41) is 0.232. The van der Waals surface area contributed by atoms with Crippen LogP contribution in [0.2, 0.25) is 0 Å². The Balaban J connectivity index is 2.10. The summed E-state index contributed by atoms with van der Waals surface area (Å²) < 4.78 is 24.5. The van der Waals surface area contributed by atoms with Crippen molar-refractivity contribution in [3.8, 4) is 11.5 Å². The van der Waals surface area contributed by atoms with Crippen LogP contribution >= 0.6 is 12.2 Å². The molecule has 0 bridgehead atoms. The van der Waals surface area contributed by atoms with Crippen LogP contribution in [0.25, 0.3) is 10.9 Å². The highest BCUT2D eigenvalue weighted by Crippen LogP contribution is 2.29. The van der Waals surface area contributed by atoms with Gasteiger partial charge in [0.05, 0.1) is 25.1 Å². The molecule has 1 amide bonds. The number of rotatable bonds is 4. The van der Waals surface area contributed by atoms with Gasteiger partial charge in [0.2, 0.25) is 0 Å². The highest BCUT2D eigenvalue weighted by atomic mass is 32.1. The molecule has 0 unspecified atom stereocenters. The minimum Gasteiger partial charge on any atom is -0.493 e. The first-order valence-electron chi connectivity index (χ1n) is 7.42. The molecule has 2 aromatic carbocycles. The molecular formula is C17H14FN3O4S. The predicted octanol–water partition coefficient (Wildman–Crippen LogP) is 2.60. The van der Waals surface area contributed by atoms with Gasteiger partial charge in [0.15, 0.2) is 16.3 Å². The average molecular weight is 375 g/mol. The number of nitrogens with zero attached hydrogens (tertiary/aromatic N) is 1. The Morgan fingerprint density at radius 3 is 2.54 bits per heavy atom. The molecule has 0 fully saturated rings. The zero-order chi connectivity index (χ0) is 18.8. The minimum atomic E-state index is -0.675. The monoisotopic (exact) mass is 375 g/mol. The van der Waals surface area contributed by atoms with E-state index in [2.05, 4.69) is 10.4 Å². The molecule has 0 spiro atoms. The maximum absolute atomic E-state index is 13.3. The maximum atomic E-state index is 13.3. The van der Waals surface area contributed by atoms with Crippen LogP contribution in [0.1, 0.15) is 10.4 Å². The van der Waals surface area contributed by atoms with Gasteiger partial charge in [-0.15, -0.1) is 0 Å². The number of fused-ring (bicyclic) bond motifs is 1. The fourth-order valence-corrected chi connectivity index (χ4v) is 2.68. The first-order chi connectivity index (χ1) is 12.4. The number of amides is 1. The van der Waals surface area contributed by atoms with Gasteiger partial charge in [0, 0.05) is 11.6 Å². The first-order valence-corrected chi connectivity index (χ1v) is 7.83. The second kappa shape index (κ2) is 6.96. The first kappa shape index (κ1) is 17.6. The van der Waals surface area contributed by atoms with E-state index < -0.39 is 17.3 Å². The van der Waals surface area contributed by atoms with Crippen molar-refractivity contribution >= 4 is 29.0 Å². The quantitative estimate of drug-likeness (QED) is 0.685. The van der Waals surface area contributed by atoms with Gasteiger partial charge < -0.3 is 14.5 Å². The van der Waals surface area contributed by atoms with E-state index in [0.29, 0.717) is 17.0 Å². The fourth-order valence-electron chi connectivity index (χ4n) is 2.44. The number of aromatic amines is 1. The van der Waals surface area contributed by atoms with Crippen molar-refractivity contribution in [2.24, 2.45) is 0 Å². The van der Waals surface area contributed by atoms with Gasteiger partial charge in [0.25, 0.3) is 11.5 Å². The van der Waals surface area contributed by atoms with Crippen molar-refractivity contribution in [3.05, 3.63) is 62.9 Å². The predicted molar refractivity (Wildman–Crippen MR) is 96.6 cm³/mol. The molecule has 9 heteroatoms. The molecule has 0 aliphatic carbocycles. The average Bonchev–Trinajstić information content (AvgIpc) is 2.64. The van der Waals surface area contributed by atoms with Crippen LogP contribution in [0.3, 0.4) is 0 Å². The summed E-state index contributed by atoms with van der Waals surface area (Å²) in [6, 6.07) is 8.14. The van der Waals surface area contributed by atoms with Crippen molar-refractivity contribution < 1.29 is 18.7 Å².